The van der Waals surface area contributed by atoms with Crippen LogP contribution in [0.2, 0.25) is 15.1 Å². The number of hydrogen-bond acceptors (Lipinski definition) is 4. The molecule has 0 saturated carbocycles. The van der Waals surface area contributed by atoms with Crippen LogP contribution in [-0.2, 0) is 16.0 Å². The van der Waals surface area contributed by atoms with Crippen molar-refractivity contribution in [3.05, 3.63) is 97.6 Å². The first-order valence-electron chi connectivity index (χ1n) is 10.4. The first-order valence-corrected chi connectivity index (χ1v) is 11.9. The second-order valence-electron chi connectivity index (χ2n) is 7.52. The van der Waals surface area contributed by atoms with Gasteiger partial charge in [-0.15, -0.1) is 0 Å². The van der Waals surface area contributed by atoms with Gasteiger partial charge in [-0.2, -0.15) is 0 Å². The summed E-state index contributed by atoms with van der Waals surface area (Å²) in [6.45, 7) is 2.00. The predicted molar refractivity (Wildman–Crippen MR) is 141 cm³/mol. The quantitative estimate of drug-likeness (QED) is 0.259. The first-order chi connectivity index (χ1) is 16.7. The number of hydrogen-bond donors (Lipinski definition) is 2. The molecule has 1 heterocycles. The highest BCUT2D eigenvalue weighted by atomic mass is 35.5. The fourth-order valence-electron chi connectivity index (χ4n) is 3.54. The lowest BCUT2D eigenvalue weighted by Gasteiger charge is -2.17. The molecule has 2 N–H and O–H groups in total. The number of rotatable bonds is 6. The van der Waals surface area contributed by atoms with E-state index in [9.17, 15) is 14.4 Å². The Hall–Kier alpha value is -3.03. The fourth-order valence-corrected chi connectivity index (χ4v) is 4.38. The maximum atomic E-state index is 13.1. The number of carbonyl (C=O) groups excluding carboxylic acids is 3. The lowest BCUT2D eigenvalue weighted by molar-refractivity contribution is -0.120. The van der Waals surface area contributed by atoms with E-state index >= 15 is 0 Å². The van der Waals surface area contributed by atoms with Crippen molar-refractivity contribution < 1.29 is 14.4 Å². The lowest BCUT2D eigenvalue weighted by atomic mass is 10.1. The number of imide groups is 1. The van der Waals surface area contributed by atoms with Gasteiger partial charge in [0.05, 0.1) is 20.8 Å². The molecule has 35 heavy (non-hydrogen) atoms. The molecule has 0 spiro atoms. The molecule has 3 aromatic rings. The highest BCUT2D eigenvalue weighted by Gasteiger charge is 2.40. The van der Waals surface area contributed by atoms with Crippen molar-refractivity contribution in [1.82, 2.24) is 0 Å². The molecule has 0 aromatic heterocycles. The van der Waals surface area contributed by atoms with Crippen molar-refractivity contribution in [1.29, 1.82) is 0 Å². The molecule has 4 rings (SSSR count). The summed E-state index contributed by atoms with van der Waals surface area (Å²) in [6, 6.07) is 16.6. The van der Waals surface area contributed by atoms with Crippen molar-refractivity contribution in [2.45, 2.75) is 13.3 Å². The fraction of sp³-hybridized carbons (Fsp3) is 0.0800. The second-order valence-corrected chi connectivity index (χ2v) is 9.12. The van der Waals surface area contributed by atoms with E-state index in [1.807, 2.05) is 31.2 Å². The van der Waals surface area contributed by atoms with E-state index in [-0.39, 0.29) is 37.4 Å². The zero-order chi connectivity index (χ0) is 25.3. The van der Waals surface area contributed by atoms with Gasteiger partial charge in [0.25, 0.3) is 17.7 Å². The Bertz CT molecular complexity index is 1400. The summed E-state index contributed by atoms with van der Waals surface area (Å²) < 4.78 is 0. The van der Waals surface area contributed by atoms with Gasteiger partial charge in [0.1, 0.15) is 10.7 Å². The molecule has 0 unspecified atom stereocenters. The van der Waals surface area contributed by atoms with Crippen LogP contribution >= 0.6 is 46.4 Å². The third-order valence-corrected chi connectivity index (χ3v) is 6.67. The van der Waals surface area contributed by atoms with E-state index in [1.165, 1.54) is 12.1 Å². The Balaban J connectivity index is 1.57. The van der Waals surface area contributed by atoms with Gasteiger partial charge in [0, 0.05) is 16.9 Å². The van der Waals surface area contributed by atoms with Gasteiger partial charge >= 0.3 is 0 Å². The molecule has 0 saturated heterocycles. The third-order valence-electron chi connectivity index (χ3n) is 5.30. The van der Waals surface area contributed by atoms with Crippen molar-refractivity contribution >= 4 is 81.2 Å². The van der Waals surface area contributed by atoms with Crippen molar-refractivity contribution in [2.24, 2.45) is 0 Å². The van der Waals surface area contributed by atoms with Crippen LogP contribution in [0.15, 0.2) is 71.4 Å². The number of nitrogens with zero attached hydrogens (tertiary/aromatic N) is 1. The number of halogens is 4. The van der Waals surface area contributed by atoms with E-state index < -0.39 is 11.8 Å². The van der Waals surface area contributed by atoms with Crippen LogP contribution in [0.4, 0.5) is 17.1 Å². The Morgan fingerprint density at radius 2 is 1.57 bits per heavy atom. The minimum absolute atomic E-state index is 0.0498. The minimum Gasteiger partial charge on any atom is -0.350 e. The highest BCUT2D eigenvalue weighted by Crippen LogP contribution is 2.38. The molecular formula is C25H17Cl4N3O3. The van der Waals surface area contributed by atoms with Crippen LogP contribution in [0.5, 0.6) is 0 Å². The van der Waals surface area contributed by atoms with Crippen molar-refractivity contribution in [2.75, 3.05) is 15.5 Å². The first kappa shape index (κ1) is 25.1. The molecule has 6 nitrogen and oxygen atoms in total. The molecule has 0 bridgehead atoms. The molecule has 1 aliphatic heterocycles. The number of aryl methyl sites for hydroxylation is 1. The number of carbonyl (C=O) groups is 3. The predicted octanol–water partition coefficient (Wildman–Crippen LogP) is 6.90. The summed E-state index contributed by atoms with van der Waals surface area (Å²) in [6.07, 6.45) is 0.764. The molecular weight excluding hydrogens is 532 g/mol. The zero-order valence-corrected chi connectivity index (χ0v) is 21.2. The maximum absolute atomic E-state index is 13.1. The van der Waals surface area contributed by atoms with Gasteiger partial charge in [0.2, 0.25) is 0 Å². The van der Waals surface area contributed by atoms with E-state index in [1.54, 1.807) is 24.3 Å². The standard InChI is InChI=1S/C25H17Cl4N3O3/c1-2-13-6-3-4-9-19(13)31-23(33)14-7-5-8-15(10-14)30-22-21(29)24(34)32(25(22)35)20-12-17(27)16(26)11-18(20)28/h3-12,30H,2H2,1H3,(H,31,33). The summed E-state index contributed by atoms with van der Waals surface area (Å²) >= 11 is 24.4. The Kier molecular flexibility index (Phi) is 7.38. The average molecular weight is 549 g/mol. The Labute approximate surface area is 221 Å². The van der Waals surface area contributed by atoms with E-state index in [4.69, 9.17) is 46.4 Å². The topological polar surface area (TPSA) is 78.5 Å². The highest BCUT2D eigenvalue weighted by molar-refractivity contribution is 6.54. The van der Waals surface area contributed by atoms with Gasteiger partial charge in [-0.1, -0.05) is 77.6 Å². The van der Waals surface area contributed by atoms with Gasteiger partial charge in [0.15, 0.2) is 0 Å². The summed E-state index contributed by atoms with van der Waals surface area (Å²) in [5.41, 5.74) is 2.34. The summed E-state index contributed by atoms with van der Waals surface area (Å²) in [4.78, 5) is 39.5. The van der Waals surface area contributed by atoms with Crippen LogP contribution in [0.1, 0.15) is 22.8 Å². The molecule has 3 aromatic carbocycles. The summed E-state index contributed by atoms with van der Waals surface area (Å²) in [7, 11) is 0. The largest absolute Gasteiger partial charge is 0.350 e. The number of benzene rings is 3. The molecule has 10 heteroatoms. The van der Waals surface area contributed by atoms with Gasteiger partial charge in [-0.3, -0.25) is 14.4 Å². The lowest BCUT2D eigenvalue weighted by Crippen LogP contribution is -2.32. The van der Waals surface area contributed by atoms with Crippen LogP contribution in [-0.4, -0.2) is 17.7 Å². The second kappa shape index (κ2) is 10.3. The monoisotopic (exact) mass is 547 g/mol. The van der Waals surface area contributed by atoms with Crippen LogP contribution < -0.4 is 15.5 Å². The number of amides is 3. The molecule has 0 aliphatic carbocycles. The Morgan fingerprint density at radius 1 is 0.857 bits per heavy atom. The van der Waals surface area contributed by atoms with E-state index in [0.29, 0.717) is 11.3 Å². The van der Waals surface area contributed by atoms with Crippen molar-refractivity contribution in [3.63, 3.8) is 0 Å². The van der Waals surface area contributed by atoms with E-state index in [2.05, 4.69) is 10.6 Å². The molecule has 1 aliphatic rings. The molecule has 0 radical (unpaired) electrons. The van der Waals surface area contributed by atoms with Crippen LogP contribution in [0, 0.1) is 0 Å². The zero-order valence-electron chi connectivity index (χ0n) is 18.2. The smallest absolute Gasteiger partial charge is 0.283 e. The average Bonchev–Trinajstić information content (AvgIpc) is 3.05. The normalized spacial score (nSPS) is 13.5. The van der Waals surface area contributed by atoms with Gasteiger partial charge < -0.3 is 10.6 Å². The minimum atomic E-state index is -0.774. The van der Waals surface area contributed by atoms with Crippen LogP contribution in [0.3, 0.4) is 0 Å². The van der Waals surface area contributed by atoms with Crippen LogP contribution in [0.25, 0.3) is 0 Å². The van der Waals surface area contributed by atoms with Gasteiger partial charge in [-0.25, -0.2) is 4.90 Å². The third kappa shape index (κ3) is 5.02. The van der Waals surface area contributed by atoms with Gasteiger partial charge in [-0.05, 0) is 48.4 Å². The summed E-state index contributed by atoms with van der Waals surface area (Å²) in [5.74, 6) is -1.83. The molecule has 178 valence electrons. The SMILES string of the molecule is CCc1ccccc1NC(=O)c1cccc(NC2=C(Cl)C(=O)N(c3cc(Cl)c(Cl)cc3Cl)C2=O)c1. The molecule has 0 atom stereocenters. The van der Waals surface area contributed by atoms with E-state index in [0.717, 1.165) is 22.6 Å². The summed E-state index contributed by atoms with van der Waals surface area (Å²) in [5, 5.41) is 5.76. The number of para-hydroxylation sites is 1. The number of nitrogens with one attached hydrogen (secondary N) is 2. The maximum Gasteiger partial charge on any atom is 0.283 e. The van der Waals surface area contributed by atoms with Crippen molar-refractivity contribution in [3.8, 4) is 0 Å². The molecule has 0 fully saturated rings. The Morgan fingerprint density at radius 3 is 2.31 bits per heavy atom. The number of anilines is 3. The molecule has 3 amide bonds.